The van der Waals surface area contributed by atoms with Crippen molar-refractivity contribution in [3.63, 3.8) is 0 Å². The molecule has 1 aliphatic heterocycles. The normalized spacial score (nSPS) is 17.9. The van der Waals surface area contributed by atoms with Gasteiger partial charge in [0.15, 0.2) is 0 Å². The Morgan fingerprint density at radius 3 is 2.29 bits per heavy atom. The third-order valence-corrected chi connectivity index (χ3v) is 4.94. The van der Waals surface area contributed by atoms with E-state index in [9.17, 15) is 13.2 Å². The van der Waals surface area contributed by atoms with E-state index in [1.165, 1.54) is 15.7 Å². The largest absolute Gasteiger partial charge is 0.468 e. The molecule has 1 saturated heterocycles. The van der Waals surface area contributed by atoms with Crippen molar-refractivity contribution < 1.29 is 17.9 Å². The Bertz CT molecular complexity index is 361. The van der Waals surface area contributed by atoms with Crippen LogP contribution in [0.25, 0.3) is 0 Å². The van der Waals surface area contributed by atoms with Gasteiger partial charge < -0.3 is 4.74 Å². The molecule has 0 aromatic rings. The Morgan fingerprint density at radius 2 is 1.88 bits per heavy atom. The van der Waals surface area contributed by atoms with Crippen molar-refractivity contribution in [2.24, 2.45) is 0 Å². The molecule has 1 heterocycles. The van der Waals surface area contributed by atoms with Crippen LogP contribution in [0.4, 0.5) is 0 Å². The molecule has 0 unspecified atom stereocenters. The van der Waals surface area contributed by atoms with E-state index in [0.29, 0.717) is 13.1 Å². The highest BCUT2D eigenvalue weighted by Gasteiger charge is 2.34. The fourth-order valence-electron chi connectivity index (χ4n) is 1.79. The Labute approximate surface area is 103 Å². The molecule has 100 valence electrons. The lowest BCUT2D eigenvalue weighted by atomic mass is 10.4. The summed E-state index contributed by atoms with van der Waals surface area (Å²) in [5.74, 6) is -0.540. The van der Waals surface area contributed by atoms with Gasteiger partial charge in [-0.25, -0.2) is 0 Å². The second-order valence-electron chi connectivity index (χ2n) is 4.33. The number of hydrogen-bond donors (Lipinski definition) is 0. The van der Waals surface area contributed by atoms with Gasteiger partial charge in [-0.3, -0.25) is 4.79 Å². The van der Waals surface area contributed by atoms with Crippen LogP contribution in [0.15, 0.2) is 0 Å². The molecule has 0 spiro atoms. The lowest BCUT2D eigenvalue weighted by Crippen LogP contribution is -2.48. The van der Waals surface area contributed by atoms with Crippen LogP contribution in [-0.2, 0) is 19.7 Å². The summed E-state index contributed by atoms with van der Waals surface area (Å²) in [7, 11) is -2.29. The van der Waals surface area contributed by atoms with Gasteiger partial charge in [-0.05, 0) is 26.7 Å². The van der Waals surface area contributed by atoms with Crippen molar-refractivity contribution in [2.45, 2.75) is 32.7 Å². The van der Waals surface area contributed by atoms with E-state index in [2.05, 4.69) is 4.74 Å². The molecule has 0 aromatic carbocycles. The number of esters is 1. The highest BCUT2D eigenvalue weighted by atomic mass is 32.2. The van der Waals surface area contributed by atoms with Crippen LogP contribution in [0, 0.1) is 0 Å². The maximum atomic E-state index is 12.3. The van der Waals surface area contributed by atoms with Crippen LogP contribution in [0.3, 0.4) is 0 Å². The minimum atomic E-state index is -3.54. The summed E-state index contributed by atoms with van der Waals surface area (Å²) >= 11 is 0. The van der Waals surface area contributed by atoms with E-state index in [1.54, 1.807) is 13.8 Å². The zero-order chi connectivity index (χ0) is 13.1. The van der Waals surface area contributed by atoms with Gasteiger partial charge in [0.25, 0.3) is 10.2 Å². The van der Waals surface area contributed by atoms with E-state index in [4.69, 9.17) is 0 Å². The van der Waals surface area contributed by atoms with Crippen molar-refractivity contribution >= 4 is 16.2 Å². The predicted molar refractivity (Wildman–Crippen MR) is 63.6 cm³/mol. The number of ether oxygens (including phenoxy) is 1. The molecule has 0 radical (unpaired) electrons. The molecule has 0 atom stereocenters. The smallest absolute Gasteiger partial charge is 0.321 e. The molecule has 17 heavy (non-hydrogen) atoms. The lowest BCUT2D eigenvalue weighted by Gasteiger charge is -2.29. The van der Waals surface area contributed by atoms with Crippen LogP contribution in [-0.4, -0.2) is 55.8 Å². The number of rotatable bonds is 5. The standard InChI is InChI=1S/C10H20N2O4S/c1-9(2)12(8-10(13)16-3)17(14,15)11-6-4-5-7-11/h9H,4-8H2,1-3H3. The zero-order valence-electron chi connectivity index (χ0n) is 10.5. The molecule has 0 aromatic heterocycles. The maximum absolute atomic E-state index is 12.3. The van der Waals surface area contributed by atoms with Crippen molar-refractivity contribution in [3.8, 4) is 0 Å². The van der Waals surface area contributed by atoms with Gasteiger partial charge in [-0.2, -0.15) is 17.0 Å². The maximum Gasteiger partial charge on any atom is 0.321 e. The van der Waals surface area contributed by atoms with Crippen molar-refractivity contribution in [3.05, 3.63) is 0 Å². The molecule has 0 bridgehead atoms. The van der Waals surface area contributed by atoms with E-state index < -0.39 is 16.2 Å². The first-order valence-corrected chi connectivity index (χ1v) is 7.13. The van der Waals surface area contributed by atoms with Gasteiger partial charge >= 0.3 is 5.97 Å². The first-order valence-electron chi connectivity index (χ1n) is 5.73. The van der Waals surface area contributed by atoms with Crippen LogP contribution < -0.4 is 0 Å². The number of carbonyl (C=O) groups is 1. The summed E-state index contributed by atoms with van der Waals surface area (Å²) in [4.78, 5) is 11.2. The summed E-state index contributed by atoms with van der Waals surface area (Å²) in [6.45, 7) is 4.33. The zero-order valence-corrected chi connectivity index (χ0v) is 11.4. The van der Waals surface area contributed by atoms with Crippen molar-refractivity contribution in [1.82, 2.24) is 8.61 Å². The first kappa shape index (κ1) is 14.4. The number of methoxy groups -OCH3 is 1. The molecule has 6 nitrogen and oxygen atoms in total. The first-order chi connectivity index (χ1) is 7.89. The van der Waals surface area contributed by atoms with E-state index in [-0.39, 0.29) is 12.6 Å². The summed E-state index contributed by atoms with van der Waals surface area (Å²) in [6.07, 6.45) is 1.76. The van der Waals surface area contributed by atoms with Gasteiger partial charge in [0.2, 0.25) is 0 Å². The van der Waals surface area contributed by atoms with Crippen LogP contribution in [0.1, 0.15) is 26.7 Å². The second-order valence-corrected chi connectivity index (χ2v) is 6.21. The molecule has 0 amide bonds. The summed E-state index contributed by atoms with van der Waals surface area (Å²) in [6, 6.07) is -0.264. The monoisotopic (exact) mass is 264 g/mol. The Morgan fingerprint density at radius 1 is 1.35 bits per heavy atom. The Kier molecular flexibility index (Phi) is 4.91. The van der Waals surface area contributed by atoms with Crippen molar-refractivity contribution in [2.75, 3.05) is 26.7 Å². The fourth-order valence-corrected chi connectivity index (χ4v) is 3.61. The highest BCUT2D eigenvalue weighted by molar-refractivity contribution is 7.86. The number of hydrogen-bond acceptors (Lipinski definition) is 4. The topological polar surface area (TPSA) is 66.9 Å². The number of carbonyl (C=O) groups excluding carboxylic acids is 1. The third kappa shape index (κ3) is 3.40. The molecule has 0 saturated carbocycles. The SMILES string of the molecule is COC(=O)CN(C(C)C)S(=O)(=O)N1CCCC1. The minimum Gasteiger partial charge on any atom is -0.468 e. The molecule has 0 N–H and O–H groups in total. The van der Waals surface area contributed by atoms with Crippen LogP contribution in [0.5, 0.6) is 0 Å². The summed E-state index contributed by atoms with van der Waals surface area (Å²) in [5.41, 5.74) is 0. The predicted octanol–water partition coefficient (Wildman–Crippen LogP) is 0.210. The molecular formula is C10H20N2O4S. The third-order valence-electron chi connectivity index (χ3n) is 2.78. The minimum absolute atomic E-state index is 0.229. The highest BCUT2D eigenvalue weighted by Crippen LogP contribution is 2.18. The van der Waals surface area contributed by atoms with Crippen LogP contribution in [0.2, 0.25) is 0 Å². The van der Waals surface area contributed by atoms with Gasteiger partial charge in [0.05, 0.1) is 7.11 Å². The average Bonchev–Trinajstić information content (AvgIpc) is 2.78. The van der Waals surface area contributed by atoms with Gasteiger partial charge in [0, 0.05) is 19.1 Å². The van der Waals surface area contributed by atoms with Crippen LogP contribution >= 0.6 is 0 Å². The number of nitrogens with zero attached hydrogens (tertiary/aromatic N) is 2. The van der Waals surface area contributed by atoms with Gasteiger partial charge in [-0.15, -0.1) is 0 Å². The lowest BCUT2D eigenvalue weighted by molar-refractivity contribution is -0.141. The van der Waals surface area contributed by atoms with E-state index >= 15 is 0 Å². The Hall–Kier alpha value is -0.660. The molecule has 7 heteroatoms. The summed E-state index contributed by atoms with van der Waals surface area (Å²) in [5, 5.41) is 0. The molecule has 1 aliphatic rings. The van der Waals surface area contributed by atoms with Crippen molar-refractivity contribution in [1.29, 1.82) is 0 Å². The fraction of sp³-hybridized carbons (Fsp3) is 0.900. The van der Waals surface area contributed by atoms with Gasteiger partial charge in [-0.1, -0.05) is 0 Å². The van der Waals surface area contributed by atoms with E-state index in [1.807, 2.05) is 0 Å². The summed E-state index contributed by atoms with van der Waals surface area (Å²) < 4.78 is 31.7. The molecule has 1 rings (SSSR count). The molecule has 0 aliphatic carbocycles. The molecular weight excluding hydrogens is 244 g/mol. The second kappa shape index (κ2) is 5.79. The van der Waals surface area contributed by atoms with Gasteiger partial charge in [0.1, 0.15) is 6.54 Å². The Balaban J connectivity index is 2.85. The molecule has 1 fully saturated rings. The van der Waals surface area contributed by atoms with E-state index in [0.717, 1.165) is 12.8 Å². The average molecular weight is 264 g/mol. The quantitative estimate of drug-likeness (QED) is 0.666.